The summed E-state index contributed by atoms with van der Waals surface area (Å²) in [5, 5.41) is 0. The predicted octanol–water partition coefficient (Wildman–Crippen LogP) is 12.1. The van der Waals surface area contributed by atoms with Crippen LogP contribution in [0.3, 0.4) is 0 Å². The molecule has 0 amide bonds. The van der Waals surface area contributed by atoms with E-state index in [0.717, 1.165) is 44.8 Å². The lowest BCUT2D eigenvalue weighted by Crippen LogP contribution is -2.17. The molecule has 0 saturated heterocycles. The van der Waals surface area contributed by atoms with Crippen LogP contribution < -0.4 is 0 Å². The van der Waals surface area contributed by atoms with Gasteiger partial charge in [0.15, 0.2) is 23.3 Å². The zero-order chi connectivity index (χ0) is 38.3. The quantitative estimate of drug-likeness (QED) is 0.174. The molecule has 4 atom stereocenters. The third kappa shape index (κ3) is 4.89. The Morgan fingerprint density at radius 2 is 0.625 bits per heavy atom. The van der Waals surface area contributed by atoms with Crippen molar-refractivity contribution in [1.29, 1.82) is 0 Å². The van der Waals surface area contributed by atoms with Crippen molar-refractivity contribution in [1.82, 2.24) is 39.9 Å². The van der Waals surface area contributed by atoms with Gasteiger partial charge >= 0.3 is 0 Å². The number of nitrogens with one attached hydrogen (secondary N) is 2. The van der Waals surface area contributed by atoms with Crippen LogP contribution in [0.5, 0.6) is 0 Å². The molecule has 12 bridgehead atoms. The van der Waals surface area contributed by atoms with Crippen LogP contribution in [0.25, 0.3) is 68.1 Å². The first-order valence-electron chi connectivity index (χ1n) is 21.1. The normalized spacial score (nSPS) is 21.1. The predicted molar refractivity (Wildman–Crippen MR) is 225 cm³/mol. The number of hydrogen-bond acceptors (Lipinski definition) is 6. The van der Waals surface area contributed by atoms with Gasteiger partial charge in [-0.1, -0.05) is 79.7 Å². The van der Waals surface area contributed by atoms with Gasteiger partial charge in [-0.15, -0.1) is 0 Å². The van der Waals surface area contributed by atoms with Crippen LogP contribution in [0.4, 0.5) is 0 Å². The SMILES string of the molecule is CC(C)c1c(C(C)C)c2nc3[nH]c(nc4nc(nc5nc(nc1[nH]2)-c1cc2c(cc1-5)C1C=CC2CC1)-c1cc2c(cc1-4)C1C=CC2CC1)c(C(C)C)c3C(C)C. The number of hydrogen-bond donors (Lipinski definition) is 2. The van der Waals surface area contributed by atoms with Crippen molar-refractivity contribution < 1.29 is 0 Å². The molecule has 8 aliphatic rings. The fraction of sp³-hybridized carbons (Fsp3) is 0.417. The average molecular weight is 739 g/mol. The van der Waals surface area contributed by atoms with E-state index in [1.54, 1.807) is 0 Å². The molecule has 6 aliphatic carbocycles. The van der Waals surface area contributed by atoms with E-state index < -0.39 is 0 Å². The molecule has 0 saturated carbocycles. The fourth-order valence-corrected chi connectivity index (χ4v) is 10.9. The lowest BCUT2D eigenvalue weighted by Gasteiger charge is -2.34. The van der Waals surface area contributed by atoms with Gasteiger partial charge in [0.2, 0.25) is 0 Å². The lowest BCUT2D eigenvalue weighted by molar-refractivity contribution is 0.554. The summed E-state index contributed by atoms with van der Waals surface area (Å²) < 4.78 is 0. The lowest BCUT2D eigenvalue weighted by atomic mass is 9.70. The maximum Gasteiger partial charge on any atom is 0.164 e. The Bertz CT molecular complexity index is 2570. The van der Waals surface area contributed by atoms with Gasteiger partial charge in [0.1, 0.15) is 22.6 Å². The first-order valence-corrected chi connectivity index (χ1v) is 21.1. The molecule has 8 heteroatoms. The van der Waals surface area contributed by atoms with E-state index in [9.17, 15) is 0 Å². The number of nitrogens with zero attached hydrogens (tertiary/aromatic N) is 6. The number of H-pyrrole nitrogens is 2. The van der Waals surface area contributed by atoms with E-state index in [1.807, 2.05) is 0 Å². The third-order valence-corrected chi connectivity index (χ3v) is 13.4. The topological polar surface area (TPSA) is 109 Å². The van der Waals surface area contributed by atoms with E-state index >= 15 is 0 Å². The van der Waals surface area contributed by atoms with Gasteiger partial charge in [0, 0.05) is 68.2 Å². The number of aromatic amines is 2. The zero-order valence-corrected chi connectivity index (χ0v) is 33.7. The van der Waals surface area contributed by atoms with Crippen LogP contribution >= 0.6 is 0 Å². The van der Waals surface area contributed by atoms with E-state index in [0.29, 0.717) is 47.0 Å². The summed E-state index contributed by atoms with van der Waals surface area (Å²) >= 11 is 0. The van der Waals surface area contributed by atoms with Crippen molar-refractivity contribution in [3.05, 3.63) is 93.1 Å². The molecule has 2 aromatic carbocycles. The minimum atomic E-state index is 0.214. The molecule has 2 N–H and O–H groups in total. The molecule has 0 radical (unpaired) electrons. The molecule has 2 aliphatic heterocycles. The van der Waals surface area contributed by atoms with Gasteiger partial charge in [0.25, 0.3) is 0 Å². The summed E-state index contributed by atoms with van der Waals surface area (Å²) in [7, 11) is 0. The van der Waals surface area contributed by atoms with Gasteiger partial charge in [-0.3, -0.25) is 0 Å². The second kappa shape index (κ2) is 12.1. The second-order valence-electron chi connectivity index (χ2n) is 18.3. The summed E-state index contributed by atoms with van der Waals surface area (Å²) in [5.41, 5.74) is 17.8. The Labute approximate surface area is 328 Å². The van der Waals surface area contributed by atoms with Crippen LogP contribution in [0, 0.1) is 0 Å². The molecular weight excluding hydrogens is 689 g/mol. The van der Waals surface area contributed by atoms with Crippen LogP contribution in [0.15, 0.2) is 48.6 Å². The van der Waals surface area contributed by atoms with Crippen molar-refractivity contribution in [3.63, 3.8) is 0 Å². The molecule has 0 fully saturated rings. The third-order valence-electron chi connectivity index (χ3n) is 13.4. The molecule has 56 heavy (non-hydrogen) atoms. The number of allylic oxidation sites excluding steroid dienone is 4. The number of fused-ring (bicyclic) bond motifs is 16. The number of rotatable bonds is 4. The van der Waals surface area contributed by atoms with Crippen molar-refractivity contribution in [2.75, 3.05) is 0 Å². The molecule has 8 nitrogen and oxygen atoms in total. The summed E-state index contributed by atoms with van der Waals surface area (Å²) in [6.07, 6.45) is 14.3. The van der Waals surface area contributed by atoms with E-state index in [1.165, 1.54) is 70.2 Å². The molecule has 282 valence electrons. The highest BCUT2D eigenvalue weighted by molar-refractivity contribution is 5.88. The van der Waals surface area contributed by atoms with Gasteiger partial charge in [-0.05, 0) is 95.9 Å². The Morgan fingerprint density at radius 3 is 0.875 bits per heavy atom. The Balaban J connectivity index is 1.30. The van der Waals surface area contributed by atoms with Gasteiger partial charge in [-0.25, -0.2) is 29.9 Å². The summed E-state index contributed by atoms with van der Waals surface area (Å²) in [6, 6.07) is 9.48. The average Bonchev–Trinajstić information content (AvgIpc) is 3.92. The summed E-state index contributed by atoms with van der Waals surface area (Å²) in [4.78, 5) is 40.0. The fourth-order valence-electron chi connectivity index (χ4n) is 10.9. The molecule has 5 aromatic rings. The van der Waals surface area contributed by atoms with Gasteiger partial charge < -0.3 is 9.97 Å². The Hall–Kier alpha value is -5.24. The summed E-state index contributed by atoms with van der Waals surface area (Å²) in [5.74, 6) is 5.29. The first kappa shape index (κ1) is 34.0. The molecular formula is C48H50N8. The minimum Gasteiger partial charge on any atom is -0.324 e. The van der Waals surface area contributed by atoms with Crippen molar-refractivity contribution >= 4 is 22.6 Å². The Kier molecular flexibility index (Phi) is 7.37. The molecule has 5 heterocycles. The van der Waals surface area contributed by atoms with Gasteiger partial charge in [0.05, 0.1) is 0 Å². The molecule has 3 aromatic heterocycles. The van der Waals surface area contributed by atoms with Crippen molar-refractivity contribution in [3.8, 4) is 45.6 Å². The minimum absolute atomic E-state index is 0.214. The zero-order valence-electron chi connectivity index (χ0n) is 33.7. The van der Waals surface area contributed by atoms with Gasteiger partial charge in [-0.2, -0.15) is 0 Å². The smallest absolute Gasteiger partial charge is 0.164 e. The maximum absolute atomic E-state index is 5.48. The maximum atomic E-state index is 5.48. The van der Waals surface area contributed by atoms with Crippen molar-refractivity contribution in [2.24, 2.45) is 0 Å². The molecule has 0 spiro atoms. The highest BCUT2D eigenvalue weighted by Crippen LogP contribution is 2.51. The van der Waals surface area contributed by atoms with E-state index in [4.69, 9.17) is 29.9 Å². The number of benzene rings is 2. The number of aromatic nitrogens is 8. The van der Waals surface area contributed by atoms with Crippen LogP contribution in [-0.2, 0) is 0 Å². The van der Waals surface area contributed by atoms with E-state index in [2.05, 4.69) is 114 Å². The van der Waals surface area contributed by atoms with Crippen LogP contribution in [0.1, 0.15) is 173 Å². The van der Waals surface area contributed by atoms with Crippen LogP contribution in [-0.4, -0.2) is 39.9 Å². The summed E-state index contributed by atoms with van der Waals surface area (Å²) in [6.45, 7) is 18.0. The largest absolute Gasteiger partial charge is 0.324 e. The highest BCUT2D eigenvalue weighted by atomic mass is 15.1. The highest BCUT2D eigenvalue weighted by Gasteiger charge is 2.35. The molecule has 4 unspecified atom stereocenters. The van der Waals surface area contributed by atoms with E-state index in [-0.39, 0.29) is 23.7 Å². The Morgan fingerprint density at radius 1 is 0.375 bits per heavy atom. The second-order valence-corrected chi connectivity index (χ2v) is 18.3. The standard InChI is InChI=1S/C48H50N8/c1-21(2)37-39(23(5)6)47-54-45(37)52-43-35-19-31-27-13-9-25(10-14-27)29(31)17-33(35)41(50-43)49-42-34-18-30-26-11-15-28(16-12-26)32(30)20-36(34)44(51-42)53-46-38(22(3)4)40(24(7)8)48(55-46)56-47/h9,11,13,15,17-28H,10,12,14,16H2,1-8H3,(H2,49,50,51,52,53,54,55,56). The first-order chi connectivity index (χ1) is 27.0. The molecule has 13 rings (SSSR count). The van der Waals surface area contributed by atoms with Crippen LogP contribution in [0.2, 0.25) is 0 Å². The monoisotopic (exact) mass is 738 g/mol. The van der Waals surface area contributed by atoms with Crippen molar-refractivity contribution in [2.45, 2.75) is 128 Å².